The minimum absolute atomic E-state index is 0.0838. The molecule has 1 aromatic heterocycles. The number of piperidine rings is 2. The van der Waals surface area contributed by atoms with Gasteiger partial charge in [-0.1, -0.05) is 55.0 Å². The summed E-state index contributed by atoms with van der Waals surface area (Å²) in [6.45, 7) is 2.98. The van der Waals surface area contributed by atoms with Gasteiger partial charge in [0.1, 0.15) is 6.67 Å². The number of hydrogen-bond donors (Lipinski definition) is 1. The maximum Gasteiger partial charge on any atom is 0.412 e. The molecule has 2 aliphatic heterocycles. The average molecular weight is 697 g/mol. The van der Waals surface area contributed by atoms with Crippen LogP contribution in [0.2, 0.25) is 0 Å². The van der Waals surface area contributed by atoms with Crippen molar-refractivity contribution in [2.45, 2.75) is 68.5 Å². The molecule has 1 atom stereocenters. The van der Waals surface area contributed by atoms with Crippen LogP contribution in [0.4, 0.5) is 17.6 Å². The van der Waals surface area contributed by atoms with Gasteiger partial charge in [-0.05, 0) is 87.3 Å². The summed E-state index contributed by atoms with van der Waals surface area (Å²) in [7, 11) is -3.75. The van der Waals surface area contributed by atoms with E-state index in [1.165, 1.54) is 61.7 Å². The van der Waals surface area contributed by atoms with Crippen molar-refractivity contribution in [3.63, 3.8) is 0 Å². The molecule has 260 valence electrons. The molecule has 0 bridgehead atoms. The molecule has 0 spiro atoms. The number of rotatable bonds is 9. The molecule has 4 aromatic rings. The van der Waals surface area contributed by atoms with Gasteiger partial charge in [0.05, 0.1) is 21.7 Å². The fourth-order valence-corrected chi connectivity index (χ4v) is 7.77. The number of alkyl halides is 4. The number of carbonyl (C=O) groups is 1. The maximum atomic E-state index is 14.6. The van der Waals surface area contributed by atoms with E-state index < -0.39 is 34.6 Å². The van der Waals surface area contributed by atoms with Crippen molar-refractivity contribution in [1.29, 1.82) is 0 Å². The Labute approximate surface area is 284 Å². The lowest BCUT2D eigenvalue weighted by Crippen LogP contribution is -2.46. The number of hydrogen-bond acceptors (Lipinski definition) is 6. The third-order valence-electron chi connectivity index (χ3n) is 9.65. The number of likely N-dealkylation sites (tertiary alicyclic amines) is 2. The summed E-state index contributed by atoms with van der Waals surface area (Å²) in [6.07, 6.45) is 1.60. The zero-order valence-corrected chi connectivity index (χ0v) is 28.2. The lowest BCUT2D eigenvalue weighted by molar-refractivity contribution is -0.155. The minimum atomic E-state index is -4.83. The van der Waals surface area contributed by atoms with Gasteiger partial charge in [-0.3, -0.25) is 9.69 Å². The second-order valence-electron chi connectivity index (χ2n) is 13.1. The number of nitrogens with zero attached hydrogens (tertiary/aromatic N) is 3. The molecule has 0 unspecified atom stereocenters. The van der Waals surface area contributed by atoms with E-state index in [-0.39, 0.29) is 33.5 Å². The van der Waals surface area contributed by atoms with Crippen molar-refractivity contribution < 1.29 is 30.8 Å². The first kappa shape index (κ1) is 35.0. The summed E-state index contributed by atoms with van der Waals surface area (Å²) >= 11 is 0. The van der Waals surface area contributed by atoms with E-state index in [9.17, 15) is 30.8 Å². The molecule has 1 N–H and O–H groups in total. The molecule has 0 radical (unpaired) electrons. The van der Waals surface area contributed by atoms with Crippen molar-refractivity contribution in [3.05, 3.63) is 95.1 Å². The number of nitrogens with one attached hydrogen (secondary N) is 1. The molecule has 0 aliphatic carbocycles. The number of pyridine rings is 1. The monoisotopic (exact) mass is 696 g/mol. The van der Waals surface area contributed by atoms with E-state index in [0.29, 0.717) is 41.5 Å². The van der Waals surface area contributed by atoms with E-state index in [1.54, 1.807) is 30.3 Å². The van der Waals surface area contributed by atoms with Crippen LogP contribution in [-0.2, 0) is 23.1 Å². The Balaban J connectivity index is 1.50. The Bertz CT molecular complexity index is 1910. The van der Waals surface area contributed by atoms with Crippen LogP contribution in [0.5, 0.6) is 0 Å². The van der Waals surface area contributed by atoms with Gasteiger partial charge in [-0.25, -0.2) is 17.8 Å². The van der Waals surface area contributed by atoms with Crippen LogP contribution in [0.1, 0.15) is 65.2 Å². The van der Waals surface area contributed by atoms with Crippen LogP contribution in [0, 0.1) is 0 Å². The molecule has 49 heavy (non-hydrogen) atoms. The van der Waals surface area contributed by atoms with E-state index in [1.807, 2.05) is 0 Å². The fraction of sp³-hybridized carbons (Fsp3) is 0.405. The number of halogens is 4. The summed E-state index contributed by atoms with van der Waals surface area (Å²) < 4.78 is 82.8. The highest BCUT2D eigenvalue weighted by Crippen LogP contribution is 2.37. The van der Waals surface area contributed by atoms with Crippen molar-refractivity contribution in [2.24, 2.45) is 0 Å². The number of amides is 1. The third kappa shape index (κ3) is 7.97. The Morgan fingerprint density at radius 1 is 0.939 bits per heavy atom. The lowest BCUT2D eigenvalue weighted by atomic mass is 9.93. The van der Waals surface area contributed by atoms with Crippen molar-refractivity contribution in [1.82, 2.24) is 20.1 Å². The second kappa shape index (κ2) is 14.5. The predicted molar refractivity (Wildman–Crippen MR) is 182 cm³/mol. The largest absolute Gasteiger partial charge is 0.412 e. The lowest BCUT2D eigenvalue weighted by Gasteiger charge is -2.40. The molecule has 3 aromatic carbocycles. The molecule has 0 saturated carbocycles. The van der Waals surface area contributed by atoms with Crippen molar-refractivity contribution in [3.8, 4) is 11.3 Å². The smallest absolute Gasteiger partial charge is 0.337 e. The van der Waals surface area contributed by atoms with Crippen LogP contribution in [-0.4, -0.2) is 73.8 Å². The van der Waals surface area contributed by atoms with E-state index in [0.717, 1.165) is 32.2 Å². The molecule has 6 rings (SSSR count). The molecule has 7 nitrogen and oxygen atoms in total. The molecule has 2 saturated heterocycles. The summed E-state index contributed by atoms with van der Waals surface area (Å²) in [5.41, 5.74) is 1.59. The van der Waals surface area contributed by atoms with Crippen LogP contribution in [0.3, 0.4) is 0 Å². The zero-order valence-electron chi connectivity index (χ0n) is 27.3. The highest BCUT2D eigenvalue weighted by atomic mass is 32.2. The van der Waals surface area contributed by atoms with Gasteiger partial charge in [-0.15, -0.1) is 0 Å². The summed E-state index contributed by atoms with van der Waals surface area (Å²) in [6, 6.07) is 16.0. The van der Waals surface area contributed by atoms with Gasteiger partial charge in [0.15, 0.2) is 15.9 Å². The number of fused-ring (bicyclic) bond motifs is 1. The van der Waals surface area contributed by atoms with E-state index >= 15 is 0 Å². The summed E-state index contributed by atoms with van der Waals surface area (Å²) in [5.74, 6) is -1.01. The molecule has 3 heterocycles. The van der Waals surface area contributed by atoms with Crippen LogP contribution in [0.15, 0.2) is 77.7 Å². The van der Waals surface area contributed by atoms with Crippen LogP contribution in [0.25, 0.3) is 22.2 Å². The van der Waals surface area contributed by atoms with Crippen molar-refractivity contribution in [2.75, 3.05) is 32.4 Å². The molecule has 1 amide bonds. The van der Waals surface area contributed by atoms with E-state index in [2.05, 4.69) is 15.1 Å². The fourth-order valence-electron chi connectivity index (χ4n) is 7.12. The zero-order chi connectivity index (χ0) is 34.8. The number of carbonyl (C=O) groups excluding carboxylic acids is 1. The van der Waals surface area contributed by atoms with Gasteiger partial charge < -0.3 is 10.2 Å². The maximum absolute atomic E-state index is 14.6. The predicted octanol–water partition coefficient (Wildman–Crippen LogP) is 7.26. The first-order chi connectivity index (χ1) is 23.4. The Morgan fingerprint density at radius 3 is 2.31 bits per heavy atom. The third-order valence-corrected chi connectivity index (χ3v) is 10.8. The molecule has 2 fully saturated rings. The minimum Gasteiger partial charge on any atom is -0.337 e. The molecular formula is C37H40F4N4O3S. The van der Waals surface area contributed by atoms with Crippen LogP contribution < -0.4 is 5.32 Å². The van der Waals surface area contributed by atoms with Gasteiger partial charge in [0, 0.05) is 35.4 Å². The second-order valence-corrected chi connectivity index (χ2v) is 15.1. The van der Waals surface area contributed by atoms with Gasteiger partial charge in [0.25, 0.3) is 5.91 Å². The molecular weight excluding hydrogens is 656 g/mol. The van der Waals surface area contributed by atoms with Gasteiger partial charge >= 0.3 is 6.18 Å². The molecule has 12 heteroatoms. The Kier molecular flexibility index (Phi) is 10.4. The summed E-state index contributed by atoms with van der Waals surface area (Å²) in [5, 5.41) is 2.37. The Morgan fingerprint density at radius 2 is 1.65 bits per heavy atom. The van der Waals surface area contributed by atoms with Gasteiger partial charge in [0.2, 0.25) is 0 Å². The first-order valence-electron chi connectivity index (χ1n) is 16.6. The number of aromatic nitrogens is 1. The van der Waals surface area contributed by atoms with Crippen LogP contribution >= 0.6 is 0 Å². The first-order valence-corrected chi connectivity index (χ1v) is 18.5. The highest BCUT2D eigenvalue weighted by Gasteiger charge is 2.42. The quantitative estimate of drug-likeness (QED) is 0.186. The van der Waals surface area contributed by atoms with E-state index in [4.69, 9.17) is 4.98 Å². The average Bonchev–Trinajstić information content (AvgIpc) is 3.10. The standard InChI is InChI=1S/C37H40F4N4O3S/c1-49(47,48)29-13-14-32-30(22-29)33(36(46)43-35(37(39,40)41)26-10-4-2-5-11-26)31(34(42-32)27-12-8-9-25(21-27)23-38)24-44-19-15-28(16-20-44)45-17-6-3-7-18-45/h2,4-5,8-14,21-22,28,35H,3,6-7,15-20,23-24H2,1H3,(H,43,46)/t35-/m0/s1. The topological polar surface area (TPSA) is 82.6 Å². The normalized spacial score (nSPS) is 17.7. The van der Waals surface area contributed by atoms with Gasteiger partial charge in [-0.2, -0.15) is 13.2 Å². The summed E-state index contributed by atoms with van der Waals surface area (Å²) in [4.78, 5) is 23.9. The number of sulfone groups is 1. The molecule has 2 aliphatic rings. The SMILES string of the molecule is CS(=O)(=O)c1ccc2nc(-c3cccc(CF)c3)c(CN3CCC(N4CCCCC4)CC3)c(C(=O)N[C@@H](c3ccccc3)C(F)(F)F)c2c1. The Hall–Kier alpha value is -3.87. The van der Waals surface area contributed by atoms with Crippen molar-refractivity contribution >= 4 is 26.6 Å². The highest BCUT2D eigenvalue weighted by molar-refractivity contribution is 7.90. The number of benzene rings is 3.